The smallest absolute Gasteiger partial charge is 0.236 e. The summed E-state index contributed by atoms with van der Waals surface area (Å²) in [5.74, 6) is 1.03. The Labute approximate surface area is 190 Å². The first-order chi connectivity index (χ1) is 15.3. The Bertz CT molecular complexity index is 1050. The van der Waals surface area contributed by atoms with Crippen LogP contribution in [0.25, 0.3) is 6.08 Å². The van der Waals surface area contributed by atoms with Crippen molar-refractivity contribution < 1.29 is 22.7 Å². The van der Waals surface area contributed by atoms with Crippen molar-refractivity contribution in [3.63, 3.8) is 0 Å². The molecule has 1 N–H and O–H groups in total. The second-order valence-electron chi connectivity index (χ2n) is 7.77. The molecule has 8 heteroatoms. The van der Waals surface area contributed by atoms with Crippen LogP contribution in [0.1, 0.15) is 36.9 Å². The van der Waals surface area contributed by atoms with E-state index in [1.807, 2.05) is 49.4 Å². The summed E-state index contributed by atoms with van der Waals surface area (Å²) in [4.78, 5) is 12.8. The molecule has 2 aromatic rings. The van der Waals surface area contributed by atoms with E-state index in [9.17, 15) is 13.2 Å². The van der Waals surface area contributed by atoms with Crippen LogP contribution >= 0.6 is 0 Å². The zero-order valence-corrected chi connectivity index (χ0v) is 19.5. The van der Waals surface area contributed by atoms with Gasteiger partial charge in [-0.15, -0.1) is 0 Å². The van der Waals surface area contributed by atoms with Gasteiger partial charge in [0, 0.05) is 30.0 Å². The fraction of sp³-hybridized carbons (Fsp3) is 0.375. The van der Waals surface area contributed by atoms with Crippen LogP contribution in [-0.2, 0) is 14.8 Å². The van der Waals surface area contributed by atoms with Gasteiger partial charge in [0.2, 0.25) is 15.9 Å². The number of methoxy groups -OCH3 is 2. The van der Waals surface area contributed by atoms with Crippen molar-refractivity contribution in [3.8, 4) is 11.5 Å². The molecule has 0 radical (unpaired) electrons. The zero-order chi connectivity index (χ0) is 23.1. The number of hydrogen-bond donors (Lipinski definition) is 1. The second-order valence-corrected chi connectivity index (χ2v) is 9.59. The van der Waals surface area contributed by atoms with E-state index in [0.29, 0.717) is 37.4 Å². The molecule has 1 saturated heterocycles. The Morgan fingerprint density at radius 2 is 1.78 bits per heavy atom. The van der Waals surface area contributed by atoms with E-state index < -0.39 is 10.0 Å². The largest absolute Gasteiger partial charge is 0.497 e. The number of benzene rings is 2. The molecule has 172 valence electrons. The molecule has 1 unspecified atom stereocenters. The summed E-state index contributed by atoms with van der Waals surface area (Å²) in [5, 5.41) is 4.27. The van der Waals surface area contributed by atoms with Gasteiger partial charge in [-0.3, -0.25) is 4.79 Å². The molecule has 1 amide bonds. The molecule has 1 aliphatic heterocycles. The summed E-state index contributed by atoms with van der Waals surface area (Å²) in [5.41, 5.74) is 1.65. The van der Waals surface area contributed by atoms with Crippen LogP contribution in [0.4, 0.5) is 0 Å². The van der Waals surface area contributed by atoms with Crippen molar-refractivity contribution in [1.82, 2.24) is 9.62 Å². The molecular formula is C24H30N2O5S. The minimum atomic E-state index is -3.52. The first-order valence-corrected chi connectivity index (χ1v) is 12.1. The number of piperidine rings is 1. The van der Waals surface area contributed by atoms with Crippen LogP contribution in [0.3, 0.4) is 0 Å². The lowest BCUT2D eigenvalue weighted by Gasteiger charge is -2.30. The van der Waals surface area contributed by atoms with Gasteiger partial charge in [0.25, 0.3) is 0 Å². The van der Waals surface area contributed by atoms with Crippen LogP contribution in [0, 0.1) is 5.92 Å². The molecule has 0 aliphatic carbocycles. The number of carbonyl (C=O) groups is 1. The molecule has 1 aliphatic rings. The van der Waals surface area contributed by atoms with Crippen molar-refractivity contribution in [2.75, 3.05) is 27.3 Å². The van der Waals surface area contributed by atoms with Crippen LogP contribution in [0.2, 0.25) is 0 Å². The van der Waals surface area contributed by atoms with E-state index in [0.717, 1.165) is 11.1 Å². The third kappa shape index (κ3) is 5.89. The van der Waals surface area contributed by atoms with Gasteiger partial charge in [-0.25, -0.2) is 8.42 Å². The number of carbonyl (C=O) groups excluding carboxylic acids is 1. The lowest BCUT2D eigenvalue weighted by Crippen LogP contribution is -2.42. The van der Waals surface area contributed by atoms with Gasteiger partial charge in [-0.2, -0.15) is 4.31 Å². The minimum absolute atomic E-state index is 0.0840. The quantitative estimate of drug-likeness (QED) is 0.653. The first-order valence-electron chi connectivity index (χ1n) is 10.6. The van der Waals surface area contributed by atoms with E-state index in [2.05, 4.69) is 5.32 Å². The maximum absolute atomic E-state index is 12.8. The Balaban J connectivity index is 1.58. The molecule has 2 aromatic carbocycles. The Kier molecular flexibility index (Phi) is 7.93. The van der Waals surface area contributed by atoms with Crippen molar-refractivity contribution in [2.45, 2.75) is 25.8 Å². The fourth-order valence-corrected chi connectivity index (χ4v) is 5.00. The maximum atomic E-state index is 12.8. The van der Waals surface area contributed by atoms with Gasteiger partial charge in [0.1, 0.15) is 11.5 Å². The number of rotatable bonds is 8. The van der Waals surface area contributed by atoms with Crippen molar-refractivity contribution >= 4 is 22.0 Å². The van der Waals surface area contributed by atoms with Crippen molar-refractivity contribution in [2.24, 2.45) is 5.92 Å². The van der Waals surface area contributed by atoms with Gasteiger partial charge < -0.3 is 14.8 Å². The molecule has 3 rings (SSSR count). The molecule has 0 spiro atoms. The van der Waals surface area contributed by atoms with E-state index in [-0.39, 0.29) is 17.9 Å². The summed E-state index contributed by atoms with van der Waals surface area (Å²) in [6, 6.07) is 14.5. The summed E-state index contributed by atoms with van der Waals surface area (Å²) >= 11 is 0. The maximum Gasteiger partial charge on any atom is 0.236 e. The lowest BCUT2D eigenvalue weighted by molar-refractivity contribution is -0.126. The standard InChI is InChI=1S/C24H30N2O5S/c1-18(22-17-21(30-2)9-10-23(22)31-3)25-24(27)20-11-14-26(15-12-20)32(28,29)16-13-19-7-5-4-6-8-19/h4-10,13,16-18,20H,11-12,14-15H2,1-3H3,(H,25,27)/b16-13+. The highest BCUT2D eigenvalue weighted by Crippen LogP contribution is 2.30. The summed E-state index contributed by atoms with van der Waals surface area (Å²) < 4.78 is 37.4. The monoisotopic (exact) mass is 458 g/mol. The van der Waals surface area contributed by atoms with Gasteiger partial charge in [0.15, 0.2) is 0 Å². The Morgan fingerprint density at radius 1 is 1.09 bits per heavy atom. The number of hydrogen-bond acceptors (Lipinski definition) is 5. The van der Waals surface area contributed by atoms with E-state index in [1.165, 1.54) is 9.71 Å². The molecule has 32 heavy (non-hydrogen) atoms. The Morgan fingerprint density at radius 3 is 2.41 bits per heavy atom. The van der Waals surface area contributed by atoms with Crippen molar-refractivity contribution in [3.05, 3.63) is 65.1 Å². The van der Waals surface area contributed by atoms with E-state index >= 15 is 0 Å². The fourth-order valence-electron chi connectivity index (χ4n) is 3.77. The van der Waals surface area contributed by atoms with Crippen LogP contribution in [0.15, 0.2) is 53.9 Å². The lowest BCUT2D eigenvalue weighted by atomic mass is 9.96. The highest BCUT2D eigenvalue weighted by Gasteiger charge is 2.30. The zero-order valence-electron chi connectivity index (χ0n) is 18.7. The third-order valence-electron chi connectivity index (χ3n) is 5.68. The average Bonchev–Trinajstić information content (AvgIpc) is 2.83. The normalized spacial score (nSPS) is 16.6. The molecule has 1 fully saturated rings. The predicted octanol–water partition coefficient (Wildman–Crippen LogP) is 3.59. The third-order valence-corrected chi connectivity index (χ3v) is 7.24. The molecule has 7 nitrogen and oxygen atoms in total. The van der Waals surface area contributed by atoms with Crippen LogP contribution < -0.4 is 14.8 Å². The van der Waals surface area contributed by atoms with Crippen LogP contribution in [0.5, 0.6) is 11.5 Å². The molecular weight excluding hydrogens is 428 g/mol. The van der Waals surface area contributed by atoms with E-state index in [4.69, 9.17) is 9.47 Å². The molecule has 1 heterocycles. The molecule has 0 bridgehead atoms. The number of sulfonamides is 1. The highest BCUT2D eigenvalue weighted by atomic mass is 32.2. The van der Waals surface area contributed by atoms with Crippen molar-refractivity contribution in [1.29, 1.82) is 0 Å². The van der Waals surface area contributed by atoms with Gasteiger partial charge in [-0.1, -0.05) is 30.3 Å². The molecule has 1 atom stereocenters. The molecule has 0 saturated carbocycles. The van der Waals surface area contributed by atoms with Gasteiger partial charge in [-0.05, 0) is 49.6 Å². The number of nitrogens with one attached hydrogen (secondary N) is 1. The van der Waals surface area contributed by atoms with E-state index in [1.54, 1.807) is 26.4 Å². The molecule has 0 aromatic heterocycles. The highest BCUT2D eigenvalue weighted by molar-refractivity contribution is 7.92. The minimum Gasteiger partial charge on any atom is -0.497 e. The summed E-state index contributed by atoms with van der Waals surface area (Å²) in [7, 11) is -0.348. The summed E-state index contributed by atoms with van der Waals surface area (Å²) in [6.45, 7) is 2.52. The van der Waals surface area contributed by atoms with Crippen LogP contribution in [-0.4, -0.2) is 45.9 Å². The average molecular weight is 459 g/mol. The number of nitrogens with zero attached hydrogens (tertiary/aromatic N) is 1. The first kappa shape index (κ1) is 23.8. The van der Waals surface area contributed by atoms with Gasteiger partial charge in [0.05, 0.1) is 20.3 Å². The summed E-state index contributed by atoms with van der Waals surface area (Å²) in [6.07, 6.45) is 2.55. The SMILES string of the molecule is COc1ccc(OC)c(C(C)NC(=O)C2CCN(S(=O)(=O)/C=C/c3ccccc3)CC2)c1. The Hall–Kier alpha value is -2.84. The van der Waals surface area contributed by atoms with Gasteiger partial charge >= 0.3 is 0 Å². The second kappa shape index (κ2) is 10.7. The number of ether oxygens (including phenoxy) is 2. The topological polar surface area (TPSA) is 84.9 Å². The number of amides is 1. The predicted molar refractivity (Wildman–Crippen MR) is 125 cm³/mol.